The Balaban J connectivity index is 3.32. The van der Waals surface area contributed by atoms with E-state index in [0.29, 0.717) is 0 Å². The van der Waals surface area contributed by atoms with Crippen molar-refractivity contribution in [2.75, 3.05) is 0 Å². The molecule has 0 saturated carbocycles. The molecule has 0 amide bonds. The number of carbonyl (C=O) groups is 1. The highest BCUT2D eigenvalue weighted by Gasteiger charge is 2.12. The van der Waals surface area contributed by atoms with E-state index in [2.05, 4.69) is 4.98 Å². The lowest BCUT2D eigenvalue weighted by Gasteiger charge is -1.97. The maximum atomic E-state index is 12.6. The van der Waals surface area contributed by atoms with Crippen LogP contribution in [0.25, 0.3) is 0 Å². The Bertz CT molecular complexity index is 278. The van der Waals surface area contributed by atoms with Crippen molar-refractivity contribution in [2.45, 2.75) is 6.92 Å². The number of rotatable bonds is 1. The van der Waals surface area contributed by atoms with Crippen molar-refractivity contribution >= 4 is 5.78 Å². The molecule has 58 valence electrons. The van der Waals surface area contributed by atoms with Crippen LogP contribution in [0.1, 0.15) is 17.3 Å². The van der Waals surface area contributed by atoms with E-state index in [0.717, 1.165) is 19.3 Å². The Morgan fingerprint density at radius 1 is 1.36 bits per heavy atom. The average molecular weight is 157 g/mol. The third kappa shape index (κ3) is 1.39. The van der Waals surface area contributed by atoms with E-state index in [9.17, 15) is 13.6 Å². The molecule has 0 unspecified atom stereocenters. The minimum atomic E-state index is -0.919. The molecule has 0 N–H and O–H groups in total. The van der Waals surface area contributed by atoms with Gasteiger partial charge >= 0.3 is 0 Å². The van der Waals surface area contributed by atoms with Crippen molar-refractivity contribution in [3.8, 4) is 0 Å². The average Bonchev–Trinajstić information content (AvgIpc) is 1.85. The lowest BCUT2D eigenvalue weighted by Crippen LogP contribution is -2.01. The molecule has 0 aliphatic rings. The van der Waals surface area contributed by atoms with Gasteiger partial charge in [-0.3, -0.25) is 9.78 Å². The van der Waals surface area contributed by atoms with Gasteiger partial charge in [-0.25, -0.2) is 8.78 Å². The first-order chi connectivity index (χ1) is 5.13. The maximum absolute atomic E-state index is 12.6. The van der Waals surface area contributed by atoms with Crippen LogP contribution >= 0.6 is 0 Å². The summed E-state index contributed by atoms with van der Waals surface area (Å²) in [5, 5.41) is 0. The van der Waals surface area contributed by atoms with Crippen LogP contribution in [0.4, 0.5) is 8.78 Å². The van der Waals surface area contributed by atoms with Crippen LogP contribution in [0.15, 0.2) is 12.4 Å². The Kier molecular flexibility index (Phi) is 1.94. The Morgan fingerprint density at radius 2 is 1.82 bits per heavy atom. The number of Topliss-reactive ketones (excluding diaryl/α,β-unsaturated/α-hetero) is 1. The molecule has 0 atom stereocenters. The summed E-state index contributed by atoms with van der Waals surface area (Å²) < 4.78 is 25.2. The fourth-order valence-electron chi connectivity index (χ4n) is 0.748. The lowest BCUT2D eigenvalue weighted by atomic mass is 10.2. The van der Waals surface area contributed by atoms with E-state index in [1.807, 2.05) is 0 Å². The first-order valence-corrected chi connectivity index (χ1v) is 2.93. The highest BCUT2D eigenvalue weighted by atomic mass is 19.1. The van der Waals surface area contributed by atoms with E-state index >= 15 is 0 Å². The monoisotopic (exact) mass is 157 g/mol. The second-order valence-corrected chi connectivity index (χ2v) is 2.03. The van der Waals surface area contributed by atoms with E-state index in [-0.39, 0.29) is 0 Å². The van der Waals surface area contributed by atoms with Gasteiger partial charge in [0.2, 0.25) is 0 Å². The van der Waals surface area contributed by atoms with Gasteiger partial charge in [-0.05, 0) is 6.92 Å². The summed E-state index contributed by atoms with van der Waals surface area (Å²) in [4.78, 5) is 13.8. The van der Waals surface area contributed by atoms with Crippen LogP contribution < -0.4 is 0 Å². The SMILES string of the molecule is CC(=O)c1c(F)cncc1F. The number of pyridine rings is 1. The molecule has 0 bridgehead atoms. The first-order valence-electron chi connectivity index (χ1n) is 2.93. The van der Waals surface area contributed by atoms with Crippen molar-refractivity contribution < 1.29 is 13.6 Å². The second-order valence-electron chi connectivity index (χ2n) is 2.03. The van der Waals surface area contributed by atoms with Crippen LogP contribution in [-0.2, 0) is 0 Å². The number of hydrogen-bond donors (Lipinski definition) is 0. The summed E-state index contributed by atoms with van der Waals surface area (Å²) in [6, 6.07) is 0. The minimum Gasteiger partial charge on any atom is -0.294 e. The van der Waals surface area contributed by atoms with Crippen molar-refractivity contribution in [1.82, 2.24) is 4.98 Å². The molecular formula is C7H5F2NO. The van der Waals surface area contributed by atoms with Crippen molar-refractivity contribution in [3.05, 3.63) is 29.6 Å². The molecule has 0 aliphatic heterocycles. The minimum absolute atomic E-state index is 0.528. The van der Waals surface area contributed by atoms with E-state index in [4.69, 9.17) is 0 Å². The van der Waals surface area contributed by atoms with Gasteiger partial charge in [-0.2, -0.15) is 0 Å². The Labute approximate surface area is 61.9 Å². The standard InChI is InChI=1S/C7H5F2NO/c1-4(11)7-5(8)2-10-3-6(7)9/h2-3H,1H3. The predicted molar refractivity (Wildman–Crippen MR) is 34.2 cm³/mol. The number of aromatic nitrogens is 1. The van der Waals surface area contributed by atoms with E-state index in [1.165, 1.54) is 0 Å². The highest BCUT2D eigenvalue weighted by molar-refractivity contribution is 5.94. The second kappa shape index (κ2) is 2.74. The third-order valence-electron chi connectivity index (χ3n) is 1.21. The van der Waals surface area contributed by atoms with Crippen molar-refractivity contribution in [2.24, 2.45) is 0 Å². The van der Waals surface area contributed by atoms with Gasteiger partial charge in [0, 0.05) is 0 Å². The lowest BCUT2D eigenvalue weighted by molar-refractivity contribution is 0.100. The third-order valence-corrected chi connectivity index (χ3v) is 1.21. The zero-order valence-electron chi connectivity index (χ0n) is 5.77. The molecule has 1 heterocycles. The number of hydrogen-bond acceptors (Lipinski definition) is 2. The number of halogens is 2. The maximum Gasteiger partial charge on any atom is 0.165 e. The fraction of sp³-hybridized carbons (Fsp3) is 0.143. The van der Waals surface area contributed by atoms with Crippen LogP contribution in [0, 0.1) is 11.6 Å². The number of carbonyl (C=O) groups excluding carboxylic acids is 1. The molecule has 11 heavy (non-hydrogen) atoms. The molecule has 0 saturated heterocycles. The number of ketones is 1. The van der Waals surface area contributed by atoms with Gasteiger partial charge in [0.15, 0.2) is 17.4 Å². The van der Waals surface area contributed by atoms with Gasteiger partial charge < -0.3 is 0 Å². The topological polar surface area (TPSA) is 30.0 Å². The molecule has 1 aromatic heterocycles. The summed E-state index contributed by atoms with van der Waals surface area (Å²) in [6.45, 7) is 1.10. The molecule has 0 fully saturated rings. The fourth-order valence-corrected chi connectivity index (χ4v) is 0.748. The zero-order valence-corrected chi connectivity index (χ0v) is 5.77. The molecule has 1 rings (SSSR count). The van der Waals surface area contributed by atoms with Crippen LogP contribution in [-0.4, -0.2) is 10.8 Å². The van der Waals surface area contributed by atoms with Crippen molar-refractivity contribution in [3.63, 3.8) is 0 Å². The summed E-state index contributed by atoms with van der Waals surface area (Å²) >= 11 is 0. The van der Waals surface area contributed by atoms with Crippen molar-refractivity contribution in [1.29, 1.82) is 0 Å². The highest BCUT2D eigenvalue weighted by Crippen LogP contribution is 2.09. The molecular weight excluding hydrogens is 152 g/mol. The van der Waals surface area contributed by atoms with Gasteiger partial charge in [0.25, 0.3) is 0 Å². The molecule has 0 aliphatic carbocycles. The predicted octanol–water partition coefficient (Wildman–Crippen LogP) is 1.56. The quantitative estimate of drug-likeness (QED) is 0.579. The summed E-state index contributed by atoms with van der Waals surface area (Å²) in [5.41, 5.74) is -0.528. The Morgan fingerprint density at radius 3 is 2.09 bits per heavy atom. The number of nitrogens with zero attached hydrogens (tertiary/aromatic N) is 1. The van der Waals surface area contributed by atoms with Gasteiger partial charge in [0.1, 0.15) is 0 Å². The first kappa shape index (κ1) is 7.78. The van der Waals surface area contributed by atoms with E-state index in [1.54, 1.807) is 0 Å². The summed E-state index contributed by atoms with van der Waals surface area (Å²) in [6.07, 6.45) is 1.61. The van der Waals surface area contributed by atoms with Gasteiger partial charge in [0.05, 0.1) is 18.0 Å². The van der Waals surface area contributed by atoms with Crippen LogP contribution in [0.5, 0.6) is 0 Å². The molecule has 1 aromatic rings. The smallest absolute Gasteiger partial charge is 0.165 e. The zero-order chi connectivity index (χ0) is 8.43. The Hall–Kier alpha value is -1.32. The molecule has 0 aromatic carbocycles. The van der Waals surface area contributed by atoms with Crippen LogP contribution in [0.3, 0.4) is 0 Å². The molecule has 4 heteroatoms. The van der Waals surface area contributed by atoms with Crippen LogP contribution in [0.2, 0.25) is 0 Å². The molecule has 0 radical (unpaired) electrons. The summed E-state index contributed by atoms with van der Waals surface area (Å²) in [5.74, 6) is -2.47. The molecule has 2 nitrogen and oxygen atoms in total. The largest absolute Gasteiger partial charge is 0.294 e. The summed E-state index contributed by atoms with van der Waals surface area (Å²) in [7, 11) is 0. The van der Waals surface area contributed by atoms with E-state index < -0.39 is 23.0 Å². The molecule has 0 spiro atoms. The van der Waals surface area contributed by atoms with Gasteiger partial charge in [-0.15, -0.1) is 0 Å². The van der Waals surface area contributed by atoms with Gasteiger partial charge in [-0.1, -0.05) is 0 Å². The normalized spacial score (nSPS) is 9.73.